The molecule has 2 nitrogen and oxygen atoms in total. The fraction of sp³-hybridized carbons (Fsp3) is 0.444. The second-order valence-corrected chi connectivity index (χ2v) is 5.37. The number of hydrogen-bond acceptors (Lipinski definition) is 3. The molecule has 4 heteroatoms. The first-order valence-corrected chi connectivity index (χ1v) is 5.54. The highest BCUT2D eigenvalue weighted by molar-refractivity contribution is 9.10. The van der Waals surface area contributed by atoms with Crippen molar-refractivity contribution < 1.29 is 9.53 Å². The van der Waals surface area contributed by atoms with Crippen molar-refractivity contribution in [1.82, 2.24) is 0 Å². The second-order valence-electron chi connectivity index (χ2n) is 3.60. The van der Waals surface area contributed by atoms with E-state index in [1.165, 1.54) is 11.3 Å². The van der Waals surface area contributed by atoms with E-state index in [4.69, 9.17) is 4.74 Å². The van der Waals surface area contributed by atoms with Gasteiger partial charge in [-0.25, -0.2) is 4.79 Å². The molecule has 0 bridgehead atoms. The van der Waals surface area contributed by atoms with Gasteiger partial charge in [-0.1, -0.05) is 0 Å². The smallest absolute Gasteiger partial charge is 0.349 e. The maximum absolute atomic E-state index is 11.5. The van der Waals surface area contributed by atoms with Crippen molar-refractivity contribution in [2.75, 3.05) is 0 Å². The highest BCUT2D eigenvalue weighted by Gasteiger charge is 2.20. The fourth-order valence-electron chi connectivity index (χ4n) is 0.764. The summed E-state index contributed by atoms with van der Waals surface area (Å²) in [4.78, 5) is 12.1. The highest BCUT2D eigenvalue weighted by Crippen LogP contribution is 2.25. The van der Waals surface area contributed by atoms with Gasteiger partial charge in [0.1, 0.15) is 10.5 Å². The summed E-state index contributed by atoms with van der Waals surface area (Å²) in [6.07, 6.45) is 0. The van der Waals surface area contributed by atoms with Gasteiger partial charge >= 0.3 is 5.97 Å². The summed E-state index contributed by atoms with van der Waals surface area (Å²) in [6.45, 7) is 5.56. The van der Waals surface area contributed by atoms with Crippen molar-refractivity contribution in [1.29, 1.82) is 0 Å². The van der Waals surface area contributed by atoms with Gasteiger partial charge in [0, 0.05) is 4.47 Å². The molecule has 0 N–H and O–H groups in total. The van der Waals surface area contributed by atoms with Crippen LogP contribution in [0.4, 0.5) is 0 Å². The van der Waals surface area contributed by atoms with Crippen LogP contribution in [0, 0.1) is 0 Å². The lowest BCUT2D eigenvalue weighted by Gasteiger charge is -2.18. The minimum atomic E-state index is -0.430. The zero-order valence-corrected chi connectivity index (χ0v) is 10.2. The van der Waals surface area contributed by atoms with Crippen LogP contribution in [0.3, 0.4) is 0 Å². The van der Waals surface area contributed by atoms with Crippen molar-refractivity contribution in [2.24, 2.45) is 0 Å². The van der Waals surface area contributed by atoms with Gasteiger partial charge in [0.2, 0.25) is 0 Å². The summed E-state index contributed by atoms with van der Waals surface area (Å²) in [5.41, 5.74) is -0.430. The van der Waals surface area contributed by atoms with Crippen LogP contribution >= 0.6 is 27.3 Å². The normalized spacial score (nSPS) is 11.4. The molecule has 0 aliphatic heterocycles. The largest absolute Gasteiger partial charge is 0.456 e. The van der Waals surface area contributed by atoms with Gasteiger partial charge in [-0.05, 0) is 48.1 Å². The summed E-state index contributed by atoms with van der Waals surface area (Å²) >= 11 is 4.66. The SMILES string of the molecule is CC(C)(C)OC(=O)c1sccc1Br. The molecule has 0 spiro atoms. The van der Waals surface area contributed by atoms with Crippen LogP contribution in [0.1, 0.15) is 30.4 Å². The fourth-order valence-corrected chi connectivity index (χ4v) is 2.17. The molecule has 0 saturated heterocycles. The van der Waals surface area contributed by atoms with Crippen LogP contribution in [-0.2, 0) is 4.74 Å². The molecule has 0 fully saturated rings. The first-order valence-electron chi connectivity index (χ1n) is 3.86. The van der Waals surface area contributed by atoms with Crippen molar-refractivity contribution in [2.45, 2.75) is 26.4 Å². The van der Waals surface area contributed by atoms with Gasteiger partial charge in [0.05, 0.1) is 0 Å². The number of rotatable bonds is 1. The van der Waals surface area contributed by atoms with Crippen molar-refractivity contribution in [3.8, 4) is 0 Å². The van der Waals surface area contributed by atoms with Gasteiger partial charge in [-0.15, -0.1) is 11.3 Å². The average Bonchev–Trinajstić information content (AvgIpc) is 2.30. The van der Waals surface area contributed by atoms with Crippen LogP contribution in [0.15, 0.2) is 15.9 Å². The van der Waals surface area contributed by atoms with E-state index in [1.54, 1.807) is 0 Å². The van der Waals surface area contributed by atoms with Gasteiger partial charge in [0.15, 0.2) is 0 Å². The Balaban J connectivity index is 2.76. The lowest BCUT2D eigenvalue weighted by molar-refractivity contribution is 0.00743. The quantitative estimate of drug-likeness (QED) is 0.725. The van der Waals surface area contributed by atoms with Gasteiger partial charge in [-0.2, -0.15) is 0 Å². The molecule has 13 heavy (non-hydrogen) atoms. The van der Waals surface area contributed by atoms with Crippen LogP contribution in [0.25, 0.3) is 0 Å². The molecule has 0 amide bonds. The Morgan fingerprint density at radius 3 is 2.54 bits per heavy atom. The van der Waals surface area contributed by atoms with E-state index in [9.17, 15) is 4.79 Å². The highest BCUT2D eigenvalue weighted by atomic mass is 79.9. The van der Waals surface area contributed by atoms with E-state index < -0.39 is 5.60 Å². The number of carbonyl (C=O) groups is 1. The Hall–Kier alpha value is -0.350. The molecule has 1 aromatic heterocycles. The molecule has 0 radical (unpaired) electrons. The van der Waals surface area contributed by atoms with Gasteiger partial charge in [0.25, 0.3) is 0 Å². The van der Waals surface area contributed by atoms with E-state index in [2.05, 4.69) is 15.9 Å². The lowest BCUT2D eigenvalue weighted by atomic mass is 10.2. The predicted molar refractivity (Wildman–Crippen MR) is 57.2 cm³/mol. The Labute approximate surface area is 90.0 Å². The standard InChI is InChI=1S/C9H11BrO2S/c1-9(2,3)12-8(11)7-6(10)4-5-13-7/h4-5H,1-3H3. The summed E-state index contributed by atoms with van der Waals surface area (Å²) in [7, 11) is 0. The number of halogens is 1. The summed E-state index contributed by atoms with van der Waals surface area (Å²) < 4.78 is 6.00. The minimum absolute atomic E-state index is 0.269. The number of esters is 1. The van der Waals surface area contributed by atoms with Gasteiger partial charge in [-0.3, -0.25) is 0 Å². The number of hydrogen-bond donors (Lipinski definition) is 0. The van der Waals surface area contributed by atoms with E-state index in [0.29, 0.717) is 4.88 Å². The molecule has 0 aliphatic rings. The summed E-state index contributed by atoms with van der Waals surface area (Å²) in [6, 6.07) is 1.84. The van der Waals surface area contributed by atoms with Crippen molar-refractivity contribution in [3.05, 3.63) is 20.8 Å². The van der Waals surface area contributed by atoms with E-state index >= 15 is 0 Å². The molecule has 0 unspecified atom stereocenters. The molecule has 1 rings (SSSR count). The van der Waals surface area contributed by atoms with Crippen LogP contribution in [0.5, 0.6) is 0 Å². The van der Waals surface area contributed by atoms with Crippen molar-refractivity contribution in [3.63, 3.8) is 0 Å². The zero-order valence-electron chi connectivity index (χ0n) is 7.76. The molecule has 0 aliphatic carbocycles. The molecule has 72 valence electrons. The zero-order chi connectivity index (χ0) is 10.1. The number of ether oxygens (including phenoxy) is 1. The molecule has 0 aromatic carbocycles. The predicted octanol–water partition coefficient (Wildman–Crippen LogP) is 3.47. The maximum atomic E-state index is 11.5. The summed E-state index contributed by atoms with van der Waals surface area (Å²) in [5.74, 6) is -0.269. The second kappa shape index (κ2) is 3.80. The van der Waals surface area contributed by atoms with E-state index in [0.717, 1.165) is 4.47 Å². The Morgan fingerprint density at radius 1 is 1.54 bits per heavy atom. The minimum Gasteiger partial charge on any atom is -0.456 e. The van der Waals surface area contributed by atoms with Crippen LogP contribution in [0.2, 0.25) is 0 Å². The third-order valence-electron chi connectivity index (χ3n) is 1.20. The van der Waals surface area contributed by atoms with E-state index in [-0.39, 0.29) is 5.97 Å². The monoisotopic (exact) mass is 262 g/mol. The Bertz CT molecular complexity index is 312. The van der Waals surface area contributed by atoms with Crippen molar-refractivity contribution >= 4 is 33.2 Å². The van der Waals surface area contributed by atoms with E-state index in [1.807, 2.05) is 32.2 Å². The molecular formula is C9H11BrO2S. The summed E-state index contributed by atoms with van der Waals surface area (Å²) in [5, 5.41) is 1.85. The first-order chi connectivity index (χ1) is 5.90. The first kappa shape index (κ1) is 10.7. The Morgan fingerprint density at radius 2 is 2.15 bits per heavy atom. The molecule has 0 atom stereocenters. The molecular weight excluding hydrogens is 252 g/mol. The maximum Gasteiger partial charge on any atom is 0.349 e. The number of carbonyl (C=O) groups excluding carboxylic acids is 1. The Kier molecular flexibility index (Phi) is 3.14. The lowest BCUT2D eigenvalue weighted by Crippen LogP contribution is -2.23. The van der Waals surface area contributed by atoms with Gasteiger partial charge < -0.3 is 4.74 Å². The van der Waals surface area contributed by atoms with Crippen LogP contribution < -0.4 is 0 Å². The average molecular weight is 263 g/mol. The third kappa shape index (κ3) is 3.12. The third-order valence-corrected chi connectivity index (χ3v) is 3.02. The number of thiophene rings is 1. The molecule has 0 saturated carbocycles. The molecule has 1 heterocycles. The van der Waals surface area contributed by atoms with Crippen LogP contribution in [-0.4, -0.2) is 11.6 Å². The molecule has 1 aromatic rings. The topological polar surface area (TPSA) is 26.3 Å².